The van der Waals surface area contributed by atoms with Gasteiger partial charge in [-0.1, -0.05) is 34.1 Å². The Bertz CT molecular complexity index is 249. The molecule has 0 heterocycles. The molecule has 0 fully saturated rings. The molecular weight excluding hydrogens is 254 g/mol. The molecule has 0 spiro atoms. The first-order valence-corrected chi connectivity index (χ1v) is 7.67. The van der Waals surface area contributed by atoms with E-state index in [0.29, 0.717) is 5.92 Å². The van der Waals surface area contributed by atoms with E-state index >= 15 is 0 Å². The van der Waals surface area contributed by atoms with Gasteiger partial charge in [0.2, 0.25) is 0 Å². The van der Waals surface area contributed by atoms with Crippen molar-refractivity contribution in [3.8, 4) is 0 Å². The lowest BCUT2D eigenvalue weighted by Gasteiger charge is -2.30. The van der Waals surface area contributed by atoms with Crippen LogP contribution in [0, 0.1) is 5.92 Å². The minimum Gasteiger partial charge on any atom is -0.460 e. The summed E-state index contributed by atoms with van der Waals surface area (Å²) in [5.74, 6) is 0.236. The molecule has 3 atom stereocenters. The first kappa shape index (κ1) is 21.7. The number of esters is 1. The van der Waals surface area contributed by atoms with Gasteiger partial charge in [-0.15, -0.1) is 0 Å². The van der Waals surface area contributed by atoms with Gasteiger partial charge in [0.25, 0.3) is 0 Å². The fraction of sp³-hybridized carbons (Fsp3) is 0.938. The number of hydrogen-bond donors (Lipinski definition) is 1. The van der Waals surface area contributed by atoms with Crippen LogP contribution in [0.15, 0.2) is 0 Å². The van der Waals surface area contributed by atoms with E-state index in [-0.39, 0.29) is 24.5 Å². The number of methoxy groups -OCH3 is 1. The van der Waals surface area contributed by atoms with Crippen LogP contribution in [0.25, 0.3) is 0 Å². The lowest BCUT2D eigenvalue weighted by molar-refractivity contribution is -0.158. The molecule has 4 heteroatoms. The molecule has 0 saturated heterocycles. The Morgan fingerprint density at radius 2 is 1.75 bits per heavy atom. The Kier molecular flexibility index (Phi) is 12.0. The summed E-state index contributed by atoms with van der Waals surface area (Å²) in [5, 5.41) is 3.24. The molecule has 0 rings (SSSR count). The topological polar surface area (TPSA) is 47.6 Å². The molecule has 0 aromatic heterocycles. The molecule has 0 aromatic rings. The summed E-state index contributed by atoms with van der Waals surface area (Å²) in [4.78, 5) is 11.8. The number of carbonyl (C=O) groups is 1. The zero-order chi connectivity index (χ0) is 16.3. The van der Waals surface area contributed by atoms with Crippen LogP contribution >= 0.6 is 0 Å². The van der Waals surface area contributed by atoms with E-state index in [1.807, 2.05) is 41.7 Å². The summed E-state index contributed by atoms with van der Waals surface area (Å²) in [6.45, 7) is 13.9. The van der Waals surface area contributed by atoms with E-state index in [1.165, 1.54) is 0 Å². The van der Waals surface area contributed by atoms with Crippen molar-refractivity contribution in [2.75, 3.05) is 14.2 Å². The predicted octanol–water partition coefficient (Wildman–Crippen LogP) is 3.39. The van der Waals surface area contributed by atoms with Gasteiger partial charge in [-0.05, 0) is 33.7 Å². The van der Waals surface area contributed by atoms with Crippen molar-refractivity contribution in [2.24, 2.45) is 5.92 Å². The maximum absolute atomic E-state index is 11.8. The van der Waals surface area contributed by atoms with Crippen LogP contribution < -0.4 is 5.32 Å². The number of likely N-dealkylation sites (N-methyl/N-ethyl adjacent to an activating group) is 1. The van der Waals surface area contributed by atoms with Crippen molar-refractivity contribution in [2.45, 2.75) is 79.1 Å². The van der Waals surface area contributed by atoms with Crippen LogP contribution in [0.2, 0.25) is 0 Å². The van der Waals surface area contributed by atoms with Gasteiger partial charge in [0.05, 0.1) is 12.5 Å². The molecule has 1 N–H and O–H groups in total. The monoisotopic (exact) mass is 289 g/mol. The maximum atomic E-state index is 11.8. The highest BCUT2D eigenvalue weighted by Gasteiger charge is 2.28. The highest BCUT2D eigenvalue weighted by atomic mass is 16.6. The zero-order valence-corrected chi connectivity index (χ0v) is 14.9. The predicted molar refractivity (Wildman–Crippen MR) is 84.9 cm³/mol. The van der Waals surface area contributed by atoms with E-state index in [1.54, 1.807) is 7.11 Å². The number of ether oxygens (including phenoxy) is 2. The molecule has 20 heavy (non-hydrogen) atoms. The van der Waals surface area contributed by atoms with E-state index in [2.05, 4.69) is 19.2 Å². The third-order valence-corrected chi connectivity index (χ3v) is 3.08. The van der Waals surface area contributed by atoms with Gasteiger partial charge in [-0.25, -0.2) is 0 Å². The first-order valence-electron chi connectivity index (χ1n) is 7.67. The molecular formula is C16H35NO3. The van der Waals surface area contributed by atoms with Gasteiger partial charge in [-0.2, -0.15) is 0 Å². The van der Waals surface area contributed by atoms with Crippen LogP contribution in [0.3, 0.4) is 0 Å². The lowest BCUT2D eigenvalue weighted by Crippen LogP contribution is -2.45. The second kappa shape index (κ2) is 11.1. The van der Waals surface area contributed by atoms with Crippen molar-refractivity contribution >= 4 is 5.97 Å². The average Bonchev–Trinajstić information content (AvgIpc) is 2.38. The molecule has 0 aliphatic heterocycles. The SMILES string of the molecule is CC.CCC(C)C(NC)C(CC(=O)OC(C)(C)C)OC. The van der Waals surface area contributed by atoms with Crippen molar-refractivity contribution < 1.29 is 14.3 Å². The molecule has 0 radical (unpaired) electrons. The second-order valence-electron chi connectivity index (χ2n) is 5.76. The third kappa shape index (κ3) is 9.32. The van der Waals surface area contributed by atoms with Crippen LogP contribution in [0.4, 0.5) is 0 Å². The van der Waals surface area contributed by atoms with Crippen LogP contribution in [0.5, 0.6) is 0 Å². The average molecular weight is 289 g/mol. The number of nitrogens with one attached hydrogen (secondary N) is 1. The standard InChI is InChI=1S/C14H29NO3.C2H6/c1-8-10(2)13(15-6)11(17-7)9-12(16)18-14(3,4)5;1-2/h10-11,13,15H,8-9H2,1-7H3;1-2H3. The molecule has 0 aliphatic carbocycles. The summed E-state index contributed by atoms with van der Waals surface area (Å²) >= 11 is 0. The van der Waals surface area contributed by atoms with Crippen molar-refractivity contribution in [1.29, 1.82) is 0 Å². The first-order chi connectivity index (χ1) is 9.25. The number of rotatable bonds is 7. The van der Waals surface area contributed by atoms with Gasteiger partial charge in [0.15, 0.2) is 0 Å². The quantitative estimate of drug-likeness (QED) is 0.730. The van der Waals surface area contributed by atoms with Gasteiger partial charge in [0.1, 0.15) is 5.60 Å². The highest BCUT2D eigenvalue weighted by molar-refractivity contribution is 5.70. The summed E-state index contributed by atoms with van der Waals surface area (Å²) in [5.41, 5.74) is -0.444. The lowest BCUT2D eigenvalue weighted by atomic mass is 9.92. The summed E-state index contributed by atoms with van der Waals surface area (Å²) < 4.78 is 10.8. The summed E-state index contributed by atoms with van der Waals surface area (Å²) in [6, 6.07) is 0.160. The third-order valence-electron chi connectivity index (χ3n) is 3.08. The smallest absolute Gasteiger partial charge is 0.309 e. The molecule has 0 bridgehead atoms. The Labute approximate surface area is 125 Å². The Morgan fingerprint density at radius 1 is 1.25 bits per heavy atom. The Balaban J connectivity index is 0. The summed E-state index contributed by atoms with van der Waals surface area (Å²) in [7, 11) is 3.54. The van der Waals surface area contributed by atoms with Gasteiger partial charge in [0, 0.05) is 13.2 Å². The number of hydrogen-bond acceptors (Lipinski definition) is 4. The van der Waals surface area contributed by atoms with Gasteiger partial charge in [-0.3, -0.25) is 4.79 Å². The van der Waals surface area contributed by atoms with Gasteiger partial charge < -0.3 is 14.8 Å². The molecule has 0 saturated carbocycles. The molecule has 4 nitrogen and oxygen atoms in total. The largest absolute Gasteiger partial charge is 0.460 e. The maximum Gasteiger partial charge on any atom is 0.309 e. The summed E-state index contributed by atoms with van der Waals surface area (Å²) in [6.07, 6.45) is 1.17. The Morgan fingerprint density at radius 3 is 2.05 bits per heavy atom. The Hall–Kier alpha value is -0.610. The minimum atomic E-state index is -0.444. The van der Waals surface area contributed by atoms with E-state index in [0.717, 1.165) is 6.42 Å². The molecule has 122 valence electrons. The van der Waals surface area contributed by atoms with E-state index < -0.39 is 5.60 Å². The molecule has 0 aliphatic rings. The molecule has 0 aromatic carbocycles. The van der Waals surface area contributed by atoms with E-state index in [4.69, 9.17) is 9.47 Å². The van der Waals surface area contributed by atoms with Crippen molar-refractivity contribution in [1.82, 2.24) is 5.32 Å². The van der Waals surface area contributed by atoms with Crippen LogP contribution in [-0.4, -0.2) is 37.9 Å². The molecule has 3 unspecified atom stereocenters. The van der Waals surface area contributed by atoms with E-state index in [9.17, 15) is 4.79 Å². The van der Waals surface area contributed by atoms with Crippen molar-refractivity contribution in [3.05, 3.63) is 0 Å². The van der Waals surface area contributed by atoms with Crippen LogP contribution in [-0.2, 0) is 14.3 Å². The minimum absolute atomic E-state index is 0.153. The van der Waals surface area contributed by atoms with Crippen molar-refractivity contribution in [3.63, 3.8) is 0 Å². The fourth-order valence-corrected chi connectivity index (χ4v) is 2.00. The van der Waals surface area contributed by atoms with Gasteiger partial charge >= 0.3 is 5.97 Å². The second-order valence-corrected chi connectivity index (χ2v) is 5.76. The number of carbonyl (C=O) groups excluding carboxylic acids is 1. The fourth-order valence-electron chi connectivity index (χ4n) is 2.00. The molecule has 0 amide bonds. The van der Waals surface area contributed by atoms with Crippen LogP contribution in [0.1, 0.15) is 61.3 Å². The normalized spacial score (nSPS) is 15.7. The zero-order valence-electron chi connectivity index (χ0n) is 14.9. The highest BCUT2D eigenvalue weighted by Crippen LogP contribution is 2.18.